The summed E-state index contributed by atoms with van der Waals surface area (Å²) >= 11 is 0. The van der Waals surface area contributed by atoms with E-state index < -0.39 is 0 Å². The normalized spacial score (nSPS) is 11.8. The van der Waals surface area contributed by atoms with Crippen molar-refractivity contribution in [1.29, 1.82) is 0 Å². The fourth-order valence-electron chi connectivity index (χ4n) is 1.93. The van der Waals surface area contributed by atoms with Gasteiger partial charge in [0.15, 0.2) is 0 Å². The number of rotatable bonds is 4. The Morgan fingerprint density at radius 2 is 1.73 bits per heavy atom. The maximum absolute atomic E-state index is 2.35. The second-order valence-electron chi connectivity index (χ2n) is 5.29. The summed E-state index contributed by atoms with van der Waals surface area (Å²) in [6.07, 6.45) is 3.89. The van der Waals surface area contributed by atoms with Crippen molar-refractivity contribution in [3.63, 3.8) is 0 Å². The van der Waals surface area contributed by atoms with Crippen LogP contribution in [0.25, 0.3) is 0 Å². The molecule has 1 aromatic carbocycles. The Bertz CT molecular complexity index is 321. The molecule has 0 atom stereocenters. The van der Waals surface area contributed by atoms with Crippen molar-refractivity contribution in [2.45, 2.75) is 59.3 Å². The van der Waals surface area contributed by atoms with Crippen LogP contribution < -0.4 is 0 Å². The standard InChI is InChI=1S/C15H24/c1-6-7-10-15(4,5)14-9-8-12(2)13(3)11-14/h8-9,11H,6-7,10H2,1-5H3. The molecule has 0 heterocycles. The molecule has 0 saturated heterocycles. The average molecular weight is 204 g/mol. The fraction of sp³-hybridized carbons (Fsp3) is 0.600. The van der Waals surface area contributed by atoms with Crippen LogP contribution in [0, 0.1) is 13.8 Å². The van der Waals surface area contributed by atoms with Gasteiger partial charge in [0.25, 0.3) is 0 Å². The third kappa shape index (κ3) is 3.09. The Hall–Kier alpha value is -0.780. The van der Waals surface area contributed by atoms with Gasteiger partial charge in [-0.15, -0.1) is 0 Å². The van der Waals surface area contributed by atoms with E-state index in [1.54, 1.807) is 0 Å². The summed E-state index contributed by atoms with van der Waals surface area (Å²) in [7, 11) is 0. The highest BCUT2D eigenvalue weighted by molar-refractivity contribution is 5.33. The molecule has 1 rings (SSSR count). The Morgan fingerprint density at radius 1 is 1.07 bits per heavy atom. The molecule has 0 spiro atoms. The largest absolute Gasteiger partial charge is 0.0654 e. The summed E-state index contributed by atoms with van der Waals surface area (Å²) in [5, 5.41) is 0. The monoisotopic (exact) mass is 204 g/mol. The summed E-state index contributed by atoms with van der Waals surface area (Å²) in [4.78, 5) is 0. The molecule has 1 aromatic rings. The first-order valence-corrected chi connectivity index (χ1v) is 6.05. The lowest BCUT2D eigenvalue weighted by molar-refractivity contribution is 0.457. The van der Waals surface area contributed by atoms with Crippen LogP contribution in [0.4, 0.5) is 0 Å². The van der Waals surface area contributed by atoms with E-state index in [4.69, 9.17) is 0 Å². The summed E-state index contributed by atoms with van der Waals surface area (Å²) < 4.78 is 0. The average Bonchev–Trinajstić information content (AvgIpc) is 2.19. The molecule has 0 aliphatic heterocycles. The van der Waals surface area contributed by atoms with E-state index in [1.807, 2.05) is 0 Å². The highest BCUT2D eigenvalue weighted by Crippen LogP contribution is 2.30. The minimum Gasteiger partial charge on any atom is -0.0654 e. The predicted molar refractivity (Wildman–Crippen MR) is 68.5 cm³/mol. The van der Waals surface area contributed by atoms with Gasteiger partial charge in [-0.05, 0) is 42.4 Å². The van der Waals surface area contributed by atoms with Gasteiger partial charge in [0, 0.05) is 0 Å². The van der Waals surface area contributed by atoms with Crippen LogP contribution in [0.3, 0.4) is 0 Å². The first kappa shape index (κ1) is 12.3. The Labute approximate surface area is 94.7 Å². The molecule has 0 aliphatic carbocycles. The second-order valence-corrected chi connectivity index (χ2v) is 5.29. The van der Waals surface area contributed by atoms with Crippen molar-refractivity contribution < 1.29 is 0 Å². The van der Waals surface area contributed by atoms with Crippen LogP contribution in [0.2, 0.25) is 0 Å². The Morgan fingerprint density at radius 3 is 2.27 bits per heavy atom. The maximum atomic E-state index is 2.35. The first-order chi connectivity index (χ1) is 6.97. The van der Waals surface area contributed by atoms with Crippen molar-refractivity contribution in [2.75, 3.05) is 0 Å². The summed E-state index contributed by atoms with van der Waals surface area (Å²) in [5.41, 5.74) is 4.62. The number of hydrogen-bond donors (Lipinski definition) is 0. The van der Waals surface area contributed by atoms with E-state index in [0.29, 0.717) is 5.41 Å². The lowest BCUT2D eigenvalue weighted by Crippen LogP contribution is -2.17. The zero-order valence-corrected chi connectivity index (χ0v) is 10.9. The van der Waals surface area contributed by atoms with Gasteiger partial charge in [0.05, 0.1) is 0 Å². The second kappa shape index (κ2) is 4.83. The smallest absolute Gasteiger partial charge is 0.0103 e. The van der Waals surface area contributed by atoms with Gasteiger partial charge in [-0.3, -0.25) is 0 Å². The molecule has 0 aromatic heterocycles. The first-order valence-electron chi connectivity index (χ1n) is 6.05. The van der Waals surface area contributed by atoms with Crippen molar-refractivity contribution in [1.82, 2.24) is 0 Å². The van der Waals surface area contributed by atoms with E-state index in [1.165, 1.54) is 36.0 Å². The molecule has 0 nitrogen and oxygen atoms in total. The van der Waals surface area contributed by atoms with Gasteiger partial charge in [-0.25, -0.2) is 0 Å². The number of aryl methyl sites for hydroxylation is 2. The summed E-state index contributed by atoms with van der Waals surface area (Å²) in [6, 6.07) is 6.89. The van der Waals surface area contributed by atoms with Crippen LogP contribution in [0.5, 0.6) is 0 Å². The topological polar surface area (TPSA) is 0 Å². The summed E-state index contributed by atoms with van der Waals surface area (Å²) in [5.74, 6) is 0. The van der Waals surface area contributed by atoms with Gasteiger partial charge in [0.2, 0.25) is 0 Å². The van der Waals surface area contributed by atoms with E-state index in [2.05, 4.69) is 52.8 Å². The minimum atomic E-state index is 0.328. The van der Waals surface area contributed by atoms with E-state index >= 15 is 0 Å². The minimum absolute atomic E-state index is 0.328. The van der Waals surface area contributed by atoms with Gasteiger partial charge in [-0.1, -0.05) is 51.8 Å². The number of benzene rings is 1. The third-order valence-electron chi connectivity index (χ3n) is 3.44. The molecule has 0 unspecified atom stereocenters. The fourth-order valence-corrected chi connectivity index (χ4v) is 1.93. The highest BCUT2D eigenvalue weighted by Gasteiger charge is 2.19. The SMILES string of the molecule is CCCCC(C)(C)c1ccc(C)c(C)c1. The highest BCUT2D eigenvalue weighted by atomic mass is 14.2. The van der Waals surface area contributed by atoms with E-state index in [0.717, 1.165) is 0 Å². The molecule has 0 radical (unpaired) electrons. The van der Waals surface area contributed by atoms with Gasteiger partial charge in [0.1, 0.15) is 0 Å². The zero-order valence-electron chi connectivity index (χ0n) is 10.9. The molecule has 0 fully saturated rings. The zero-order chi connectivity index (χ0) is 11.5. The molecule has 0 aliphatic rings. The molecule has 0 heteroatoms. The quantitative estimate of drug-likeness (QED) is 0.662. The lowest BCUT2D eigenvalue weighted by atomic mass is 9.79. The van der Waals surface area contributed by atoms with Crippen molar-refractivity contribution in [2.24, 2.45) is 0 Å². The molecule has 84 valence electrons. The van der Waals surface area contributed by atoms with Crippen LogP contribution >= 0.6 is 0 Å². The molecule has 0 N–H and O–H groups in total. The van der Waals surface area contributed by atoms with Crippen molar-refractivity contribution in [3.05, 3.63) is 34.9 Å². The third-order valence-corrected chi connectivity index (χ3v) is 3.44. The molecule has 15 heavy (non-hydrogen) atoms. The molecular weight excluding hydrogens is 180 g/mol. The molecule has 0 saturated carbocycles. The van der Waals surface area contributed by atoms with Crippen LogP contribution in [0.1, 0.15) is 56.7 Å². The van der Waals surface area contributed by atoms with Gasteiger partial charge >= 0.3 is 0 Å². The van der Waals surface area contributed by atoms with E-state index in [9.17, 15) is 0 Å². The lowest BCUT2D eigenvalue weighted by Gasteiger charge is -2.26. The Kier molecular flexibility index (Phi) is 3.96. The number of hydrogen-bond acceptors (Lipinski definition) is 0. The van der Waals surface area contributed by atoms with Gasteiger partial charge < -0.3 is 0 Å². The van der Waals surface area contributed by atoms with E-state index in [-0.39, 0.29) is 0 Å². The maximum Gasteiger partial charge on any atom is -0.0103 e. The van der Waals surface area contributed by atoms with Crippen molar-refractivity contribution >= 4 is 0 Å². The van der Waals surface area contributed by atoms with Crippen LogP contribution in [0.15, 0.2) is 18.2 Å². The molecule has 0 amide bonds. The molecular formula is C15H24. The molecule has 0 bridgehead atoms. The van der Waals surface area contributed by atoms with Crippen LogP contribution in [-0.4, -0.2) is 0 Å². The van der Waals surface area contributed by atoms with Gasteiger partial charge in [-0.2, -0.15) is 0 Å². The van der Waals surface area contributed by atoms with Crippen LogP contribution in [-0.2, 0) is 5.41 Å². The van der Waals surface area contributed by atoms with Crippen molar-refractivity contribution in [3.8, 4) is 0 Å². The number of unbranched alkanes of at least 4 members (excludes halogenated alkanes) is 1. The summed E-state index contributed by atoms with van der Waals surface area (Å²) in [6.45, 7) is 11.4. The predicted octanol–water partition coefficient (Wildman–Crippen LogP) is 4.77. The Balaban J connectivity index is 2.89.